The molecular weight excluding hydrogens is 398 g/mol. The molecule has 0 aliphatic rings. The summed E-state index contributed by atoms with van der Waals surface area (Å²) < 4.78 is 106. The van der Waals surface area contributed by atoms with Crippen molar-refractivity contribution in [1.29, 1.82) is 0 Å². The quantitative estimate of drug-likeness (QED) is 0.492. The second-order valence-corrected chi connectivity index (χ2v) is 7.13. The van der Waals surface area contributed by atoms with E-state index < -0.39 is 38.5 Å². The molecule has 27 heavy (non-hydrogen) atoms. The van der Waals surface area contributed by atoms with Crippen LogP contribution in [0.4, 0.5) is 26.3 Å². The molecule has 0 saturated heterocycles. The van der Waals surface area contributed by atoms with Crippen LogP contribution in [-0.2, 0) is 22.5 Å². The summed E-state index contributed by atoms with van der Waals surface area (Å²) in [7, 11) is -4.93. The molecule has 0 N–H and O–H groups in total. The van der Waals surface area contributed by atoms with Gasteiger partial charge in [0.05, 0.1) is 11.1 Å². The Kier molecular flexibility index (Phi) is 5.33. The topological polar surface area (TPSA) is 43.4 Å². The first-order valence-corrected chi connectivity index (χ1v) is 8.61. The monoisotopic (exact) mass is 410 g/mol. The summed E-state index contributed by atoms with van der Waals surface area (Å²) in [6.45, 7) is 5.36. The Labute approximate surface area is 151 Å². The van der Waals surface area contributed by atoms with Gasteiger partial charge in [-0.1, -0.05) is 24.3 Å². The summed E-state index contributed by atoms with van der Waals surface area (Å²) >= 11 is 0. The van der Waals surface area contributed by atoms with Crippen molar-refractivity contribution < 1.29 is 38.9 Å². The minimum atomic E-state index is -5.17. The van der Waals surface area contributed by atoms with E-state index in [1.54, 1.807) is 6.92 Å². The van der Waals surface area contributed by atoms with Crippen LogP contribution >= 0.6 is 0 Å². The highest BCUT2D eigenvalue weighted by molar-refractivity contribution is 7.87. The van der Waals surface area contributed by atoms with E-state index in [2.05, 4.69) is 10.8 Å². The van der Waals surface area contributed by atoms with Gasteiger partial charge in [0.15, 0.2) is 0 Å². The smallest absolute Gasteiger partial charge is 0.379 e. The Morgan fingerprint density at radius 1 is 0.889 bits per heavy atom. The highest BCUT2D eigenvalue weighted by Crippen LogP contribution is 2.37. The lowest BCUT2D eigenvalue weighted by Gasteiger charge is -2.14. The molecule has 2 aromatic carbocycles. The SMILES string of the molecule is C=C(C)c1ccc(OS(=O)(=O)c2cc(C(F)(F)F)cc(C(F)(F)F)c2)cc1. The Balaban J connectivity index is 2.49. The zero-order valence-electron chi connectivity index (χ0n) is 13.6. The van der Waals surface area contributed by atoms with E-state index in [-0.39, 0.29) is 23.9 Å². The summed E-state index contributed by atoms with van der Waals surface area (Å²) in [5.74, 6) is -0.272. The van der Waals surface area contributed by atoms with Gasteiger partial charge in [0.25, 0.3) is 0 Å². The minimum Gasteiger partial charge on any atom is -0.379 e. The minimum absolute atomic E-state index is 0.0901. The average molecular weight is 410 g/mol. The lowest BCUT2D eigenvalue weighted by molar-refractivity contribution is -0.143. The number of allylic oxidation sites excluding steroid dienone is 1. The Hall–Kier alpha value is -2.49. The van der Waals surface area contributed by atoms with Crippen molar-refractivity contribution >= 4 is 15.7 Å². The number of alkyl halides is 6. The van der Waals surface area contributed by atoms with Crippen molar-refractivity contribution in [2.75, 3.05) is 0 Å². The highest BCUT2D eigenvalue weighted by Gasteiger charge is 2.38. The van der Waals surface area contributed by atoms with Gasteiger partial charge in [0.2, 0.25) is 0 Å². The molecule has 0 bridgehead atoms. The Morgan fingerprint density at radius 2 is 1.33 bits per heavy atom. The molecule has 0 aromatic heterocycles. The second kappa shape index (κ2) is 6.91. The van der Waals surface area contributed by atoms with Gasteiger partial charge in [-0.2, -0.15) is 34.8 Å². The highest BCUT2D eigenvalue weighted by atomic mass is 32.2. The first kappa shape index (κ1) is 20.8. The van der Waals surface area contributed by atoms with Gasteiger partial charge in [0.1, 0.15) is 10.6 Å². The van der Waals surface area contributed by atoms with Crippen LogP contribution in [0.15, 0.2) is 53.9 Å². The number of benzene rings is 2. The predicted octanol–water partition coefficient (Wildman–Crippen LogP) is 5.53. The van der Waals surface area contributed by atoms with Crippen LogP contribution in [0.25, 0.3) is 5.57 Å². The Bertz CT molecular complexity index is 925. The van der Waals surface area contributed by atoms with E-state index in [0.717, 1.165) is 0 Å². The van der Waals surface area contributed by atoms with Gasteiger partial charge >= 0.3 is 22.5 Å². The molecule has 0 heterocycles. The number of hydrogen-bond acceptors (Lipinski definition) is 3. The van der Waals surface area contributed by atoms with Gasteiger partial charge in [0, 0.05) is 0 Å². The number of rotatable bonds is 4. The third-order valence-electron chi connectivity index (χ3n) is 3.40. The maximum Gasteiger partial charge on any atom is 0.416 e. The molecule has 3 nitrogen and oxygen atoms in total. The molecule has 0 saturated carbocycles. The molecule has 146 valence electrons. The van der Waals surface area contributed by atoms with Crippen LogP contribution in [0, 0.1) is 0 Å². The van der Waals surface area contributed by atoms with Crippen molar-refractivity contribution in [3.8, 4) is 5.75 Å². The average Bonchev–Trinajstić information content (AvgIpc) is 2.53. The number of hydrogen-bond donors (Lipinski definition) is 0. The zero-order chi connectivity index (χ0) is 20.6. The van der Waals surface area contributed by atoms with Gasteiger partial charge in [-0.25, -0.2) is 0 Å². The van der Waals surface area contributed by atoms with E-state index in [4.69, 9.17) is 0 Å². The molecule has 0 radical (unpaired) electrons. The van der Waals surface area contributed by atoms with E-state index in [1.165, 1.54) is 24.3 Å². The molecule has 0 spiro atoms. The molecule has 2 rings (SSSR count). The maximum atomic E-state index is 12.9. The maximum absolute atomic E-state index is 12.9. The van der Waals surface area contributed by atoms with Crippen molar-refractivity contribution in [1.82, 2.24) is 0 Å². The summed E-state index contributed by atoms with van der Waals surface area (Å²) in [5, 5.41) is 0. The summed E-state index contributed by atoms with van der Waals surface area (Å²) in [6.07, 6.45) is -10.3. The largest absolute Gasteiger partial charge is 0.416 e. The lowest BCUT2D eigenvalue weighted by atomic mass is 10.1. The number of halogens is 6. The van der Waals surface area contributed by atoms with Crippen LogP contribution in [0.3, 0.4) is 0 Å². The second-order valence-electron chi connectivity index (χ2n) is 5.58. The van der Waals surface area contributed by atoms with Crippen LogP contribution in [0.5, 0.6) is 5.75 Å². The van der Waals surface area contributed by atoms with Gasteiger partial charge in [-0.15, -0.1) is 0 Å². The fourth-order valence-electron chi connectivity index (χ4n) is 2.04. The zero-order valence-corrected chi connectivity index (χ0v) is 14.5. The standard InChI is InChI=1S/C17H12F6O3S/c1-10(2)11-3-5-14(6-4-11)26-27(24,25)15-8-12(16(18,19)20)7-13(9-15)17(21,22)23/h3-9H,1H2,2H3. The molecule has 0 unspecified atom stereocenters. The van der Waals surface area contributed by atoms with E-state index in [9.17, 15) is 34.8 Å². The van der Waals surface area contributed by atoms with Crippen LogP contribution in [0.1, 0.15) is 23.6 Å². The van der Waals surface area contributed by atoms with Gasteiger partial charge < -0.3 is 4.18 Å². The van der Waals surface area contributed by atoms with Gasteiger partial charge in [-0.05, 0) is 42.8 Å². The van der Waals surface area contributed by atoms with E-state index in [0.29, 0.717) is 11.1 Å². The van der Waals surface area contributed by atoms with Crippen molar-refractivity contribution in [2.45, 2.75) is 24.2 Å². The molecule has 0 atom stereocenters. The molecule has 0 aliphatic carbocycles. The molecule has 0 amide bonds. The molecule has 0 fully saturated rings. The Morgan fingerprint density at radius 3 is 1.70 bits per heavy atom. The first-order chi connectivity index (χ1) is 12.2. The third kappa shape index (κ3) is 5.03. The van der Waals surface area contributed by atoms with Crippen LogP contribution in [-0.4, -0.2) is 8.42 Å². The fourth-order valence-corrected chi connectivity index (χ4v) is 3.04. The van der Waals surface area contributed by atoms with Crippen molar-refractivity contribution in [3.05, 3.63) is 65.7 Å². The lowest BCUT2D eigenvalue weighted by Crippen LogP contribution is -2.16. The van der Waals surface area contributed by atoms with Crippen LogP contribution < -0.4 is 4.18 Å². The normalized spacial score (nSPS) is 12.7. The third-order valence-corrected chi connectivity index (χ3v) is 4.63. The fraction of sp³-hybridized carbons (Fsp3) is 0.176. The first-order valence-electron chi connectivity index (χ1n) is 7.20. The molecule has 2 aromatic rings. The van der Waals surface area contributed by atoms with Crippen molar-refractivity contribution in [3.63, 3.8) is 0 Å². The summed E-state index contributed by atoms with van der Waals surface area (Å²) in [5.41, 5.74) is -2.19. The van der Waals surface area contributed by atoms with Crippen LogP contribution in [0.2, 0.25) is 0 Å². The van der Waals surface area contributed by atoms with E-state index >= 15 is 0 Å². The molecule has 0 aliphatic heterocycles. The molecular formula is C17H12F6O3S. The molecule has 10 heteroatoms. The summed E-state index contributed by atoms with van der Waals surface area (Å²) in [4.78, 5) is -1.26. The van der Waals surface area contributed by atoms with Crippen molar-refractivity contribution in [2.24, 2.45) is 0 Å². The summed E-state index contributed by atoms with van der Waals surface area (Å²) in [6, 6.07) is 5.32. The predicted molar refractivity (Wildman–Crippen MR) is 85.4 cm³/mol. The van der Waals surface area contributed by atoms with Gasteiger partial charge in [-0.3, -0.25) is 0 Å². The van der Waals surface area contributed by atoms with E-state index in [1.807, 2.05) is 0 Å².